The van der Waals surface area contributed by atoms with Crippen LogP contribution in [-0.4, -0.2) is 12.4 Å². The van der Waals surface area contributed by atoms with Gasteiger partial charge >= 0.3 is 5.37 Å². The minimum Gasteiger partial charge on any atom is -0.302 e. The summed E-state index contributed by atoms with van der Waals surface area (Å²) < 4.78 is 0.921. The summed E-state index contributed by atoms with van der Waals surface area (Å²) in [6, 6.07) is 7.36. The first-order valence-corrected chi connectivity index (χ1v) is 4.47. The topological polar surface area (TPSA) is 20.3 Å². The second-order valence-corrected chi connectivity index (χ2v) is 3.53. The molecule has 0 aliphatic rings. The monoisotopic (exact) mass is 247 g/mol. The van der Waals surface area contributed by atoms with Crippen LogP contribution >= 0.6 is 27.5 Å². The van der Waals surface area contributed by atoms with Crippen molar-refractivity contribution in [3.05, 3.63) is 28.7 Å². The van der Waals surface area contributed by atoms with E-state index in [9.17, 15) is 4.79 Å². The van der Waals surface area contributed by atoms with Gasteiger partial charge in [-0.05, 0) is 29.8 Å². The van der Waals surface area contributed by atoms with E-state index in [1.807, 2.05) is 24.3 Å². The molecule has 1 amide bonds. The molecule has 0 saturated carbocycles. The van der Waals surface area contributed by atoms with Gasteiger partial charge in [-0.25, -0.2) is 0 Å². The number of nitrogens with zero attached hydrogens (tertiary/aromatic N) is 1. The predicted molar refractivity (Wildman–Crippen MR) is 53.8 cm³/mol. The quantitative estimate of drug-likeness (QED) is 0.552. The Morgan fingerprint density at radius 2 is 2.25 bits per heavy atom. The molecule has 12 heavy (non-hydrogen) atoms. The van der Waals surface area contributed by atoms with Crippen molar-refractivity contribution < 1.29 is 4.79 Å². The predicted octanol–water partition coefficient (Wildman–Crippen LogP) is 3.24. The number of benzene rings is 1. The SMILES string of the molecule is CN(C(=O)Cl)c1cccc(Br)c1. The molecule has 0 unspecified atom stereocenters. The Hall–Kier alpha value is -0.540. The molecule has 0 aliphatic carbocycles. The van der Waals surface area contributed by atoms with Crippen molar-refractivity contribution >= 4 is 38.6 Å². The summed E-state index contributed by atoms with van der Waals surface area (Å²) in [5, 5.41) is -0.492. The second kappa shape index (κ2) is 3.92. The van der Waals surface area contributed by atoms with Crippen LogP contribution in [0.2, 0.25) is 0 Å². The Bertz CT molecular complexity index is 303. The number of halogens is 2. The molecule has 1 aromatic rings. The lowest BCUT2D eigenvalue weighted by atomic mass is 10.3. The average Bonchev–Trinajstić information content (AvgIpc) is 2.03. The molecule has 1 aromatic carbocycles. The third-order valence-electron chi connectivity index (χ3n) is 1.46. The van der Waals surface area contributed by atoms with E-state index in [-0.39, 0.29) is 0 Å². The molecule has 64 valence electrons. The van der Waals surface area contributed by atoms with Gasteiger partial charge in [-0.15, -0.1) is 0 Å². The Labute approximate surface area is 84.3 Å². The zero-order valence-electron chi connectivity index (χ0n) is 6.42. The molecular weight excluding hydrogens is 241 g/mol. The van der Waals surface area contributed by atoms with E-state index < -0.39 is 5.37 Å². The molecular formula is C8H7BrClNO. The number of hydrogen-bond donors (Lipinski definition) is 0. The van der Waals surface area contributed by atoms with Gasteiger partial charge in [0.25, 0.3) is 0 Å². The lowest BCUT2D eigenvalue weighted by molar-refractivity contribution is 0.265. The molecule has 4 heteroatoms. The summed E-state index contributed by atoms with van der Waals surface area (Å²) in [4.78, 5) is 12.1. The van der Waals surface area contributed by atoms with Crippen LogP contribution < -0.4 is 4.90 Å². The van der Waals surface area contributed by atoms with Gasteiger partial charge in [0, 0.05) is 17.2 Å². The van der Waals surface area contributed by atoms with Gasteiger partial charge in [0.1, 0.15) is 0 Å². The summed E-state index contributed by atoms with van der Waals surface area (Å²) in [5.74, 6) is 0. The second-order valence-electron chi connectivity index (χ2n) is 2.29. The van der Waals surface area contributed by atoms with Crippen molar-refractivity contribution in [2.45, 2.75) is 0 Å². The molecule has 0 atom stereocenters. The van der Waals surface area contributed by atoms with Gasteiger partial charge in [-0.3, -0.25) is 4.79 Å². The molecule has 0 radical (unpaired) electrons. The van der Waals surface area contributed by atoms with Crippen molar-refractivity contribution in [2.75, 3.05) is 11.9 Å². The van der Waals surface area contributed by atoms with Gasteiger partial charge in [0.2, 0.25) is 0 Å². The van der Waals surface area contributed by atoms with Crippen LogP contribution in [0.15, 0.2) is 28.7 Å². The minimum atomic E-state index is -0.492. The number of rotatable bonds is 1. The van der Waals surface area contributed by atoms with Crippen LogP contribution in [0.3, 0.4) is 0 Å². The molecule has 0 N–H and O–H groups in total. The van der Waals surface area contributed by atoms with E-state index >= 15 is 0 Å². The molecule has 0 spiro atoms. The van der Waals surface area contributed by atoms with Crippen LogP contribution in [-0.2, 0) is 0 Å². The maximum Gasteiger partial charge on any atom is 0.320 e. The fourth-order valence-electron chi connectivity index (χ4n) is 0.786. The maximum atomic E-state index is 10.7. The first-order valence-electron chi connectivity index (χ1n) is 3.30. The highest BCUT2D eigenvalue weighted by atomic mass is 79.9. The number of hydrogen-bond acceptors (Lipinski definition) is 1. The Morgan fingerprint density at radius 3 is 2.75 bits per heavy atom. The van der Waals surface area contributed by atoms with Crippen molar-refractivity contribution in [1.82, 2.24) is 0 Å². The fourth-order valence-corrected chi connectivity index (χ4v) is 1.27. The summed E-state index contributed by atoms with van der Waals surface area (Å²) in [7, 11) is 1.62. The summed E-state index contributed by atoms with van der Waals surface area (Å²) in [6.07, 6.45) is 0. The van der Waals surface area contributed by atoms with E-state index in [0.717, 1.165) is 10.2 Å². The number of amides is 1. The van der Waals surface area contributed by atoms with Crippen molar-refractivity contribution in [3.63, 3.8) is 0 Å². The van der Waals surface area contributed by atoms with E-state index in [4.69, 9.17) is 11.6 Å². The standard InChI is InChI=1S/C8H7BrClNO/c1-11(8(10)12)7-4-2-3-6(9)5-7/h2-5H,1H3. The highest BCUT2D eigenvalue weighted by molar-refractivity contribution is 9.10. The van der Waals surface area contributed by atoms with Crippen molar-refractivity contribution in [1.29, 1.82) is 0 Å². The van der Waals surface area contributed by atoms with E-state index in [0.29, 0.717) is 0 Å². The van der Waals surface area contributed by atoms with Crippen molar-refractivity contribution in [3.8, 4) is 0 Å². The molecule has 0 aliphatic heterocycles. The average molecular weight is 249 g/mol. The first-order chi connectivity index (χ1) is 5.61. The molecule has 0 aromatic heterocycles. The number of anilines is 1. The summed E-state index contributed by atoms with van der Waals surface area (Å²) in [5.41, 5.74) is 0.768. The lowest BCUT2D eigenvalue weighted by Gasteiger charge is -2.12. The minimum absolute atomic E-state index is 0.492. The number of carbonyl (C=O) groups is 1. The summed E-state index contributed by atoms with van der Waals surface area (Å²) in [6.45, 7) is 0. The molecule has 0 saturated heterocycles. The summed E-state index contributed by atoms with van der Waals surface area (Å²) >= 11 is 8.59. The van der Waals surface area contributed by atoms with Gasteiger partial charge in [-0.2, -0.15) is 0 Å². The van der Waals surface area contributed by atoms with Crippen LogP contribution in [0, 0.1) is 0 Å². The Balaban J connectivity index is 2.95. The highest BCUT2D eigenvalue weighted by Crippen LogP contribution is 2.19. The third-order valence-corrected chi connectivity index (χ3v) is 2.21. The van der Waals surface area contributed by atoms with Gasteiger partial charge in [-0.1, -0.05) is 22.0 Å². The highest BCUT2D eigenvalue weighted by Gasteiger charge is 2.06. The van der Waals surface area contributed by atoms with Crippen LogP contribution in [0.1, 0.15) is 0 Å². The van der Waals surface area contributed by atoms with Gasteiger partial charge < -0.3 is 4.90 Å². The Kier molecular flexibility index (Phi) is 3.12. The molecule has 0 bridgehead atoms. The molecule has 0 fully saturated rings. The largest absolute Gasteiger partial charge is 0.320 e. The lowest BCUT2D eigenvalue weighted by Crippen LogP contribution is -2.19. The van der Waals surface area contributed by atoms with E-state index in [1.54, 1.807) is 7.05 Å². The normalized spacial score (nSPS) is 9.58. The van der Waals surface area contributed by atoms with E-state index in [2.05, 4.69) is 15.9 Å². The van der Waals surface area contributed by atoms with Crippen molar-refractivity contribution in [2.24, 2.45) is 0 Å². The molecule has 2 nitrogen and oxygen atoms in total. The molecule has 0 heterocycles. The zero-order valence-corrected chi connectivity index (χ0v) is 8.76. The third kappa shape index (κ3) is 2.22. The Morgan fingerprint density at radius 1 is 1.58 bits per heavy atom. The van der Waals surface area contributed by atoms with Crippen LogP contribution in [0.5, 0.6) is 0 Å². The number of carbonyl (C=O) groups excluding carboxylic acids is 1. The maximum absolute atomic E-state index is 10.7. The fraction of sp³-hybridized carbons (Fsp3) is 0.125. The van der Waals surface area contributed by atoms with E-state index in [1.165, 1.54) is 4.90 Å². The zero-order chi connectivity index (χ0) is 9.14. The first kappa shape index (κ1) is 9.55. The van der Waals surface area contributed by atoms with Crippen LogP contribution in [0.4, 0.5) is 10.5 Å². The van der Waals surface area contributed by atoms with Gasteiger partial charge in [0.05, 0.1) is 0 Å². The smallest absolute Gasteiger partial charge is 0.302 e. The van der Waals surface area contributed by atoms with Gasteiger partial charge in [0.15, 0.2) is 0 Å². The molecule has 1 rings (SSSR count). The van der Waals surface area contributed by atoms with Crippen LogP contribution in [0.25, 0.3) is 0 Å².